The minimum absolute atomic E-state index is 0.293. The average Bonchev–Trinajstić information content (AvgIpc) is 2.92. The van der Waals surface area contributed by atoms with E-state index in [1.54, 1.807) is 0 Å². The molecule has 2 rings (SSSR count). The molecule has 1 aliphatic heterocycles. The maximum atomic E-state index is 12.0. The Morgan fingerprint density at radius 3 is 2.84 bits per heavy atom. The molecule has 104 valence electrons. The van der Waals surface area contributed by atoms with Crippen LogP contribution in [0.15, 0.2) is 30.3 Å². The molecule has 1 fully saturated rings. The van der Waals surface area contributed by atoms with Crippen molar-refractivity contribution in [2.45, 2.75) is 25.7 Å². The quantitative estimate of drug-likeness (QED) is 0.849. The normalized spacial score (nSPS) is 18.5. The topological polar surface area (TPSA) is 32.3 Å². The Hall–Kier alpha value is -1.35. The van der Waals surface area contributed by atoms with E-state index < -0.39 is 0 Å². The van der Waals surface area contributed by atoms with Crippen LogP contribution in [0.2, 0.25) is 0 Å². The Labute approximate surface area is 116 Å². The van der Waals surface area contributed by atoms with Crippen molar-refractivity contribution in [2.75, 3.05) is 26.7 Å². The lowest BCUT2D eigenvalue weighted by Gasteiger charge is -2.19. The van der Waals surface area contributed by atoms with Crippen molar-refractivity contribution in [1.29, 1.82) is 0 Å². The molecule has 0 aromatic heterocycles. The Kier molecular flexibility index (Phi) is 5.40. The molecule has 1 unspecified atom stereocenters. The largest absolute Gasteiger partial charge is 0.346 e. The minimum atomic E-state index is 0.293. The van der Waals surface area contributed by atoms with E-state index in [1.165, 1.54) is 5.56 Å². The van der Waals surface area contributed by atoms with Crippen molar-refractivity contribution in [3.8, 4) is 0 Å². The van der Waals surface area contributed by atoms with E-state index in [0.717, 1.165) is 38.9 Å². The summed E-state index contributed by atoms with van der Waals surface area (Å²) < 4.78 is 0. The fraction of sp³-hybridized carbons (Fsp3) is 0.562. The van der Waals surface area contributed by atoms with Crippen LogP contribution in [0.5, 0.6) is 0 Å². The van der Waals surface area contributed by atoms with Gasteiger partial charge in [-0.05, 0) is 43.8 Å². The zero-order chi connectivity index (χ0) is 13.5. The van der Waals surface area contributed by atoms with E-state index in [9.17, 15) is 4.79 Å². The number of hydrogen-bond donors (Lipinski definition) is 1. The smallest absolute Gasteiger partial charge is 0.222 e. The van der Waals surface area contributed by atoms with E-state index in [1.807, 2.05) is 18.0 Å². The minimum Gasteiger partial charge on any atom is -0.346 e. The van der Waals surface area contributed by atoms with Crippen LogP contribution in [0, 0.1) is 5.92 Å². The molecule has 1 aromatic carbocycles. The summed E-state index contributed by atoms with van der Waals surface area (Å²) in [7, 11) is 1.93. The van der Waals surface area contributed by atoms with Gasteiger partial charge in [0.2, 0.25) is 5.91 Å². The number of benzene rings is 1. The summed E-state index contributed by atoms with van der Waals surface area (Å²) in [5.74, 6) is 0.839. The predicted molar refractivity (Wildman–Crippen MR) is 78.0 cm³/mol. The third-order valence-electron chi connectivity index (χ3n) is 3.85. The fourth-order valence-electron chi connectivity index (χ4n) is 2.58. The Balaban J connectivity index is 1.65. The lowest BCUT2D eigenvalue weighted by Crippen LogP contribution is -2.30. The second-order valence-corrected chi connectivity index (χ2v) is 5.47. The van der Waals surface area contributed by atoms with Crippen LogP contribution < -0.4 is 5.32 Å². The van der Waals surface area contributed by atoms with Gasteiger partial charge in [-0.3, -0.25) is 4.79 Å². The number of amides is 1. The lowest BCUT2D eigenvalue weighted by atomic mass is 10.0. The van der Waals surface area contributed by atoms with Gasteiger partial charge in [0.25, 0.3) is 0 Å². The van der Waals surface area contributed by atoms with E-state index >= 15 is 0 Å². The molecule has 1 aliphatic rings. The molecule has 0 aliphatic carbocycles. The number of nitrogens with zero attached hydrogens (tertiary/aromatic N) is 1. The van der Waals surface area contributed by atoms with Crippen molar-refractivity contribution in [3.05, 3.63) is 35.9 Å². The standard InChI is InChI=1S/C16H24N2O/c1-18(16(19)12-15-9-10-17-13-15)11-5-8-14-6-3-2-4-7-14/h2-4,6-7,15,17H,5,8-13H2,1H3. The van der Waals surface area contributed by atoms with Crippen molar-refractivity contribution in [3.63, 3.8) is 0 Å². The zero-order valence-corrected chi connectivity index (χ0v) is 11.8. The van der Waals surface area contributed by atoms with Gasteiger partial charge in [-0.2, -0.15) is 0 Å². The maximum absolute atomic E-state index is 12.0. The molecule has 1 N–H and O–H groups in total. The Morgan fingerprint density at radius 2 is 2.16 bits per heavy atom. The third-order valence-corrected chi connectivity index (χ3v) is 3.85. The number of hydrogen-bond acceptors (Lipinski definition) is 2. The van der Waals surface area contributed by atoms with Gasteiger partial charge in [0, 0.05) is 20.0 Å². The molecule has 3 nitrogen and oxygen atoms in total. The van der Waals surface area contributed by atoms with Crippen LogP contribution in [-0.4, -0.2) is 37.5 Å². The first-order chi connectivity index (χ1) is 9.25. The second kappa shape index (κ2) is 7.29. The highest BCUT2D eigenvalue weighted by molar-refractivity contribution is 5.76. The summed E-state index contributed by atoms with van der Waals surface area (Å²) in [5, 5.41) is 3.31. The molecule has 0 radical (unpaired) electrons. The molecule has 0 bridgehead atoms. The van der Waals surface area contributed by atoms with Gasteiger partial charge in [0.1, 0.15) is 0 Å². The Morgan fingerprint density at radius 1 is 1.37 bits per heavy atom. The van der Waals surface area contributed by atoms with Gasteiger partial charge in [-0.15, -0.1) is 0 Å². The summed E-state index contributed by atoms with van der Waals surface area (Å²) in [5.41, 5.74) is 1.35. The van der Waals surface area contributed by atoms with Gasteiger partial charge in [0.15, 0.2) is 0 Å². The second-order valence-electron chi connectivity index (χ2n) is 5.47. The molecule has 1 amide bonds. The van der Waals surface area contributed by atoms with E-state index in [0.29, 0.717) is 18.2 Å². The van der Waals surface area contributed by atoms with Gasteiger partial charge in [0.05, 0.1) is 0 Å². The summed E-state index contributed by atoms with van der Waals surface area (Å²) in [6, 6.07) is 10.5. The summed E-state index contributed by atoms with van der Waals surface area (Å²) in [4.78, 5) is 13.9. The first-order valence-electron chi connectivity index (χ1n) is 7.24. The van der Waals surface area contributed by atoms with E-state index in [2.05, 4.69) is 29.6 Å². The van der Waals surface area contributed by atoms with Crippen molar-refractivity contribution in [1.82, 2.24) is 10.2 Å². The number of aryl methyl sites for hydroxylation is 1. The fourth-order valence-corrected chi connectivity index (χ4v) is 2.58. The molecule has 1 saturated heterocycles. The number of carbonyl (C=O) groups is 1. The monoisotopic (exact) mass is 260 g/mol. The molecular formula is C16H24N2O. The van der Waals surface area contributed by atoms with E-state index in [4.69, 9.17) is 0 Å². The summed E-state index contributed by atoms with van der Waals surface area (Å²) in [6.07, 6.45) is 3.93. The van der Waals surface area contributed by atoms with Crippen LogP contribution >= 0.6 is 0 Å². The average molecular weight is 260 g/mol. The maximum Gasteiger partial charge on any atom is 0.222 e. The predicted octanol–water partition coefficient (Wildman–Crippen LogP) is 2.08. The van der Waals surface area contributed by atoms with Crippen LogP contribution in [0.4, 0.5) is 0 Å². The summed E-state index contributed by atoms with van der Waals surface area (Å²) >= 11 is 0. The molecule has 0 saturated carbocycles. The van der Waals surface area contributed by atoms with Gasteiger partial charge >= 0.3 is 0 Å². The molecule has 1 atom stereocenters. The first-order valence-corrected chi connectivity index (χ1v) is 7.24. The van der Waals surface area contributed by atoms with Crippen molar-refractivity contribution >= 4 is 5.91 Å². The zero-order valence-electron chi connectivity index (χ0n) is 11.8. The first kappa shape index (κ1) is 14.1. The highest BCUT2D eigenvalue weighted by Gasteiger charge is 2.19. The van der Waals surface area contributed by atoms with Crippen LogP contribution in [0.3, 0.4) is 0 Å². The summed E-state index contributed by atoms with van der Waals surface area (Å²) in [6.45, 7) is 2.92. The Bertz CT molecular complexity index is 385. The molecule has 1 heterocycles. The van der Waals surface area contributed by atoms with Crippen molar-refractivity contribution < 1.29 is 4.79 Å². The highest BCUT2D eigenvalue weighted by atomic mass is 16.2. The number of rotatable bonds is 6. The van der Waals surface area contributed by atoms with Crippen LogP contribution in [0.1, 0.15) is 24.8 Å². The molecular weight excluding hydrogens is 236 g/mol. The van der Waals surface area contributed by atoms with Crippen molar-refractivity contribution in [2.24, 2.45) is 5.92 Å². The van der Waals surface area contributed by atoms with Gasteiger partial charge in [-0.25, -0.2) is 0 Å². The molecule has 3 heteroatoms. The SMILES string of the molecule is CN(CCCc1ccccc1)C(=O)CC1CCNC1. The third kappa shape index (κ3) is 4.67. The molecule has 19 heavy (non-hydrogen) atoms. The van der Waals surface area contributed by atoms with Crippen LogP contribution in [0.25, 0.3) is 0 Å². The van der Waals surface area contributed by atoms with Crippen LogP contribution in [-0.2, 0) is 11.2 Å². The number of nitrogens with one attached hydrogen (secondary N) is 1. The van der Waals surface area contributed by atoms with Gasteiger partial charge in [-0.1, -0.05) is 30.3 Å². The molecule has 0 spiro atoms. The van der Waals surface area contributed by atoms with Gasteiger partial charge < -0.3 is 10.2 Å². The highest BCUT2D eigenvalue weighted by Crippen LogP contribution is 2.13. The van der Waals surface area contributed by atoms with E-state index in [-0.39, 0.29) is 0 Å². The molecule has 1 aromatic rings. The lowest BCUT2D eigenvalue weighted by molar-refractivity contribution is -0.130. The number of carbonyl (C=O) groups excluding carboxylic acids is 1.